The van der Waals surface area contributed by atoms with Crippen LogP contribution in [0.1, 0.15) is 30.1 Å². The molecule has 0 saturated carbocycles. The Bertz CT molecular complexity index is 704. The molecule has 1 amide bonds. The third kappa shape index (κ3) is 2.84. The summed E-state index contributed by atoms with van der Waals surface area (Å²) in [6.45, 7) is 2.00. The van der Waals surface area contributed by atoms with Crippen molar-refractivity contribution in [3.8, 4) is 0 Å². The highest BCUT2D eigenvalue weighted by Crippen LogP contribution is 2.35. The zero-order chi connectivity index (χ0) is 15.0. The lowest BCUT2D eigenvalue weighted by Crippen LogP contribution is -2.30. The monoisotopic (exact) mass is 364 g/mol. The number of carbonyl (C=O) groups is 1. The van der Waals surface area contributed by atoms with Gasteiger partial charge in [-0.15, -0.1) is 0 Å². The highest BCUT2D eigenvalue weighted by molar-refractivity contribution is 9.10. The van der Waals surface area contributed by atoms with Crippen molar-refractivity contribution in [3.63, 3.8) is 0 Å². The fraction of sp³-hybridized carbons (Fsp3) is 0.188. The molecular weight excluding hydrogens is 352 g/mol. The SMILES string of the molecule is CC(NC1C(=O)Nc2ccc(Br)cc21)c1ccccc1Cl. The number of fused-ring (bicyclic) bond motifs is 1. The van der Waals surface area contributed by atoms with E-state index in [9.17, 15) is 4.79 Å². The zero-order valence-electron chi connectivity index (χ0n) is 11.4. The number of hydrogen-bond donors (Lipinski definition) is 2. The first-order chi connectivity index (χ1) is 10.1. The molecule has 2 atom stereocenters. The van der Waals surface area contributed by atoms with Crippen LogP contribution in [-0.2, 0) is 4.79 Å². The minimum atomic E-state index is -0.372. The van der Waals surface area contributed by atoms with Crippen LogP contribution in [0.4, 0.5) is 5.69 Å². The Morgan fingerprint density at radius 1 is 1.29 bits per heavy atom. The Hall–Kier alpha value is -1.36. The number of carbonyl (C=O) groups excluding carboxylic acids is 1. The number of hydrogen-bond acceptors (Lipinski definition) is 2. The van der Waals surface area contributed by atoms with Crippen LogP contribution in [0.3, 0.4) is 0 Å². The molecule has 2 unspecified atom stereocenters. The fourth-order valence-corrected chi connectivity index (χ4v) is 3.24. The molecular formula is C16H14BrClN2O. The second kappa shape index (κ2) is 5.79. The molecule has 0 radical (unpaired) electrons. The summed E-state index contributed by atoms with van der Waals surface area (Å²) >= 11 is 9.67. The largest absolute Gasteiger partial charge is 0.324 e. The first kappa shape index (κ1) is 14.6. The van der Waals surface area contributed by atoms with E-state index in [1.54, 1.807) is 0 Å². The van der Waals surface area contributed by atoms with Gasteiger partial charge >= 0.3 is 0 Å². The third-order valence-electron chi connectivity index (χ3n) is 3.63. The first-order valence-electron chi connectivity index (χ1n) is 6.67. The molecule has 0 saturated heterocycles. The van der Waals surface area contributed by atoms with Crippen molar-refractivity contribution in [2.24, 2.45) is 0 Å². The lowest BCUT2D eigenvalue weighted by Gasteiger charge is -2.20. The van der Waals surface area contributed by atoms with Gasteiger partial charge in [-0.25, -0.2) is 0 Å². The molecule has 1 aliphatic rings. The van der Waals surface area contributed by atoms with Crippen molar-refractivity contribution in [3.05, 3.63) is 63.1 Å². The summed E-state index contributed by atoms with van der Waals surface area (Å²) < 4.78 is 0.954. The van der Waals surface area contributed by atoms with E-state index in [0.29, 0.717) is 5.02 Å². The van der Waals surface area contributed by atoms with E-state index in [1.807, 2.05) is 49.4 Å². The van der Waals surface area contributed by atoms with Crippen molar-refractivity contribution in [1.29, 1.82) is 0 Å². The molecule has 0 bridgehead atoms. The minimum absolute atomic E-state index is 0.0284. The van der Waals surface area contributed by atoms with E-state index in [2.05, 4.69) is 26.6 Å². The molecule has 1 aliphatic heterocycles. The molecule has 1 heterocycles. The minimum Gasteiger partial charge on any atom is -0.324 e. The molecule has 3 rings (SSSR count). The summed E-state index contributed by atoms with van der Waals surface area (Å²) in [6, 6.07) is 13.0. The Morgan fingerprint density at radius 2 is 2.05 bits per heavy atom. The highest BCUT2D eigenvalue weighted by atomic mass is 79.9. The molecule has 0 fully saturated rings. The highest BCUT2D eigenvalue weighted by Gasteiger charge is 2.31. The maximum absolute atomic E-state index is 12.2. The number of benzene rings is 2. The van der Waals surface area contributed by atoms with Crippen molar-refractivity contribution in [2.45, 2.75) is 19.0 Å². The van der Waals surface area contributed by atoms with Crippen LogP contribution in [0.5, 0.6) is 0 Å². The lowest BCUT2D eigenvalue weighted by atomic mass is 10.0. The van der Waals surface area contributed by atoms with E-state index in [-0.39, 0.29) is 18.0 Å². The molecule has 0 aliphatic carbocycles. The molecule has 2 aromatic carbocycles. The molecule has 3 nitrogen and oxygen atoms in total. The summed E-state index contributed by atoms with van der Waals surface area (Å²) in [5.41, 5.74) is 2.79. The number of amides is 1. The van der Waals surface area contributed by atoms with Gasteiger partial charge in [0.2, 0.25) is 5.91 Å². The normalized spacial score (nSPS) is 18.2. The third-order valence-corrected chi connectivity index (χ3v) is 4.47. The molecule has 2 aromatic rings. The fourth-order valence-electron chi connectivity index (χ4n) is 2.56. The summed E-state index contributed by atoms with van der Waals surface area (Å²) in [5.74, 6) is -0.0398. The standard InChI is InChI=1S/C16H14BrClN2O/c1-9(11-4-2-3-5-13(11)18)19-15-12-8-10(17)6-7-14(12)20-16(15)21/h2-9,15,19H,1H3,(H,20,21). The zero-order valence-corrected chi connectivity index (χ0v) is 13.7. The van der Waals surface area contributed by atoms with E-state index in [4.69, 9.17) is 11.6 Å². The number of halogens is 2. The maximum Gasteiger partial charge on any atom is 0.246 e. The summed E-state index contributed by atoms with van der Waals surface area (Å²) in [6.07, 6.45) is 0. The number of anilines is 1. The summed E-state index contributed by atoms with van der Waals surface area (Å²) in [7, 11) is 0. The van der Waals surface area contributed by atoms with Gasteiger partial charge in [0.15, 0.2) is 0 Å². The predicted octanol–water partition coefficient (Wildman–Crippen LogP) is 4.45. The molecule has 108 valence electrons. The van der Waals surface area contributed by atoms with Crippen LogP contribution in [0.2, 0.25) is 5.02 Å². The smallest absolute Gasteiger partial charge is 0.246 e. The average Bonchev–Trinajstić information content (AvgIpc) is 2.75. The van der Waals surface area contributed by atoms with Gasteiger partial charge < -0.3 is 5.32 Å². The molecule has 0 aromatic heterocycles. The van der Waals surface area contributed by atoms with Crippen LogP contribution < -0.4 is 10.6 Å². The topological polar surface area (TPSA) is 41.1 Å². The van der Waals surface area contributed by atoms with E-state index < -0.39 is 0 Å². The van der Waals surface area contributed by atoms with Gasteiger partial charge in [0.05, 0.1) is 0 Å². The van der Waals surface area contributed by atoms with Crippen LogP contribution in [0.25, 0.3) is 0 Å². The number of rotatable bonds is 3. The molecule has 5 heteroatoms. The van der Waals surface area contributed by atoms with E-state index >= 15 is 0 Å². The van der Waals surface area contributed by atoms with Gasteiger partial charge in [0, 0.05) is 26.8 Å². The second-order valence-electron chi connectivity index (χ2n) is 5.06. The van der Waals surface area contributed by atoms with Crippen LogP contribution in [-0.4, -0.2) is 5.91 Å². The van der Waals surface area contributed by atoms with Gasteiger partial charge in [-0.05, 0) is 36.8 Å². The second-order valence-corrected chi connectivity index (χ2v) is 6.39. The summed E-state index contributed by atoms with van der Waals surface area (Å²) in [4.78, 5) is 12.2. The van der Waals surface area contributed by atoms with Gasteiger partial charge in [-0.3, -0.25) is 10.1 Å². The Labute approximate surface area is 136 Å². The molecule has 0 spiro atoms. The quantitative estimate of drug-likeness (QED) is 0.844. The van der Waals surface area contributed by atoms with Crippen LogP contribution in [0.15, 0.2) is 46.9 Å². The Balaban J connectivity index is 1.87. The molecule has 21 heavy (non-hydrogen) atoms. The predicted molar refractivity (Wildman–Crippen MR) is 88.5 cm³/mol. The van der Waals surface area contributed by atoms with E-state index in [1.165, 1.54) is 0 Å². The van der Waals surface area contributed by atoms with E-state index in [0.717, 1.165) is 21.3 Å². The van der Waals surface area contributed by atoms with Crippen molar-refractivity contribution in [2.75, 3.05) is 5.32 Å². The average molecular weight is 366 g/mol. The van der Waals surface area contributed by atoms with Crippen LogP contribution in [0, 0.1) is 0 Å². The molecule has 2 N–H and O–H groups in total. The van der Waals surface area contributed by atoms with Gasteiger partial charge in [0.1, 0.15) is 6.04 Å². The van der Waals surface area contributed by atoms with Crippen molar-refractivity contribution < 1.29 is 4.79 Å². The van der Waals surface area contributed by atoms with Crippen LogP contribution >= 0.6 is 27.5 Å². The van der Waals surface area contributed by atoms with Gasteiger partial charge in [-0.1, -0.05) is 45.7 Å². The lowest BCUT2D eigenvalue weighted by molar-refractivity contribution is -0.117. The number of nitrogens with one attached hydrogen (secondary N) is 2. The summed E-state index contributed by atoms with van der Waals surface area (Å²) in [5, 5.41) is 6.94. The Morgan fingerprint density at radius 3 is 2.81 bits per heavy atom. The van der Waals surface area contributed by atoms with Gasteiger partial charge in [-0.2, -0.15) is 0 Å². The maximum atomic E-state index is 12.2. The van der Waals surface area contributed by atoms with Crippen molar-refractivity contribution >= 4 is 39.1 Å². The van der Waals surface area contributed by atoms with Crippen molar-refractivity contribution in [1.82, 2.24) is 5.32 Å². The Kier molecular flexibility index (Phi) is 4.02. The van der Waals surface area contributed by atoms with Gasteiger partial charge in [0.25, 0.3) is 0 Å². The first-order valence-corrected chi connectivity index (χ1v) is 7.84.